The molecule has 0 heterocycles. The van der Waals surface area contributed by atoms with Crippen molar-refractivity contribution in [1.82, 2.24) is 20.4 Å². The SMILES string of the molecule is CCNC(=NCC1(C(=O)N(C)C)CCCC1)NCC(c1ccc(F)cc1)N(C)C. The van der Waals surface area contributed by atoms with E-state index in [1.165, 1.54) is 12.1 Å². The van der Waals surface area contributed by atoms with Crippen molar-refractivity contribution >= 4 is 11.9 Å². The van der Waals surface area contributed by atoms with Gasteiger partial charge in [-0.05, 0) is 51.6 Å². The highest BCUT2D eigenvalue weighted by molar-refractivity contribution is 5.84. The van der Waals surface area contributed by atoms with Crippen molar-refractivity contribution in [2.24, 2.45) is 10.4 Å². The van der Waals surface area contributed by atoms with E-state index in [1.807, 2.05) is 47.2 Å². The lowest BCUT2D eigenvalue weighted by Gasteiger charge is -2.30. The molecular formula is C22H36FN5O. The van der Waals surface area contributed by atoms with Crippen LogP contribution in [-0.2, 0) is 4.79 Å². The van der Waals surface area contributed by atoms with Gasteiger partial charge in [0.25, 0.3) is 0 Å². The van der Waals surface area contributed by atoms with Crippen LogP contribution in [0.3, 0.4) is 0 Å². The van der Waals surface area contributed by atoms with Crippen LogP contribution in [0.25, 0.3) is 0 Å². The van der Waals surface area contributed by atoms with Crippen molar-refractivity contribution in [2.75, 3.05) is 47.8 Å². The molecule has 29 heavy (non-hydrogen) atoms. The molecule has 1 unspecified atom stereocenters. The Kier molecular flexibility index (Phi) is 8.44. The van der Waals surface area contributed by atoms with E-state index < -0.39 is 0 Å². The molecule has 0 bridgehead atoms. The number of amides is 1. The average molecular weight is 406 g/mol. The number of nitrogens with one attached hydrogen (secondary N) is 2. The molecule has 162 valence electrons. The first-order valence-corrected chi connectivity index (χ1v) is 10.4. The number of hydrogen-bond acceptors (Lipinski definition) is 3. The Morgan fingerprint density at radius 2 is 1.76 bits per heavy atom. The van der Waals surface area contributed by atoms with E-state index in [1.54, 1.807) is 4.90 Å². The van der Waals surface area contributed by atoms with E-state index in [0.29, 0.717) is 19.0 Å². The summed E-state index contributed by atoms with van der Waals surface area (Å²) >= 11 is 0. The summed E-state index contributed by atoms with van der Waals surface area (Å²) in [5.74, 6) is 0.646. The molecule has 1 amide bonds. The largest absolute Gasteiger partial charge is 0.357 e. The van der Waals surface area contributed by atoms with Crippen molar-refractivity contribution in [3.8, 4) is 0 Å². The normalized spacial score (nSPS) is 17.3. The molecule has 7 heteroatoms. The summed E-state index contributed by atoms with van der Waals surface area (Å²) in [6.07, 6.45) is 3.93. The van der Waals surface area contributed by atoms with Gasteiger partial charge < -0.3 is 20.4 Å². The van der Waals surface area contributed by atoms with E-state index >= 15 is 0 Å². The quantitative estimate of drug-likeness (QED) is 0.516. The van der Waals surface area contributed by atoms with Gasteiger partial charge in [-0.3, -0.25) is 9.79 Å². The molecule has 0 spiro atoms. The maximum atomic E-state index is 13.3. The second kappa shape index (κ2) is 10.6. The summed E-state index contributed by atoms with van der Waals surface area (Å²) in [6.45, 7) is 3.88. The number of halogens is 1. The molecule has 1 atom stereocenters. The molecule has 2 N–H and O–H groups in total. The van der Waals surface area contributed by atoms with Crippen LogP contribution in [0.4, 0.5) is 4.39 Å². The van der Waals surface area contributed by atoms with Crippen LogP contribution >= 0.6 is 0 Å². The second-order valence-corrected chi connectivity index (χ2v) is 8.29. The van der Waals surface area contributed by atoms with Crippen molar-refractivity contribution < 1.29 is 9.18 Å². The van der Waals surface area contributed by atoms with Gasteiger partial charge in [0, 0.05) is 27.2 Å². The lowest BCUT2D eigenvalue weighted by molar-refractivity contribution is -0.138. The van der Waals surface area contributed by atoms with Crippen molar-refractivity contribution in [3.05, 3.63) is 35.6 Å². The molecule has 1 aromatic carbocycles. The van der Waals surface area contributed by atoms with Crippen LogP contribution in [0.1, 0.15) is 44.2 Å². The van der Waals surface area contributed by atoms with Gasteiger partial charge in [0.05, 0.1) is 18.0 Å². The summed E-state index contributed by atoms with van der Waals surface area (Å²) in [5.41, 5.74) is 0.652. The standard InChI is InChI=1S/C22H36FN5O/c1-6-24-21(26-16-22(13-7-8-14-22)20(29)28(4)5)25-15-19(27(2)3)17-9-11-18(23)12-10-17/h9-12,19H,6-8,13-16H2,1-5H3,(H2,24,25,26). The lowest BCUT2D eigenvalue weighted by atomic mass is 9.85. The minimum Gasteiger partial charge on any atom is -0.357 e. The van der Waals surface area contributed by atoms with Crippen LogP contribution < -0.4 is 10.6 Å². The molecule has 2 rings (SSSR count). The van der Waals surface area contributed by atoms with Gasteiger partial charge in [0.2, 0.25) is 5.91 Å². The number of aliphatic imine (C=N–C) groups is 1. The highest BCUT2D eigenvalue weighted by Gasteiger charge is 2.42. The van der Waals surface area contributed by atoms with E-state index in [0.717, 1.165) is 37.8 Å². The summed E-state index contributed by atoms with van der Waals surface area (Å²) in [4.78, 5) is 21.3. The molecule has 1 saturated carbocycles. The summed E-state index contributed by atoms with van der Waals surface area (Å²) in [7, 11) is 7.64. The zero-order chi connectivity index (χ0) is 21.4. The van der Waals surface area contributed by atoms with Crippen LogP contribution in [0.15, 0.2) is 29.3 Å². The first kappa shape index (κ1) is 23.1. The number of carbonyl (C=O) groups excluding carboxylic acids is 1. The zero-order valence-corrected chi connectivity index (χ0v) is 18.5. The smallest absolute Gasteiger partial charge is 0.230 e. The first-order chi connectivity index (χ1) is 13.8. The Bertz CT molecular complexity index is 681. The highest BCUT2D eigenvalue weighted by Crippen LogP contribution is 2.39. The number of likely N-dealkylation sites (N-methyl/N-ethyl adjacent to an activating group) is 1. The predicted molar refractivity (Wildman–Crippen MR) is 116 cm³/mol. The molecular weight excluding hydrogens is 369 g/mol. The number of hydrogen-bond donors (Lipinski definition) is 2. The number of rotatable bonds is 8. The fourth-order valence-corrected chi connectivity index (χ4v) is 4.01. The molecule has 1 aliphatic rings. The van der Waals surface area contributed by atoms with Gasteiger partial charge in [0.1, 0.15) is 5.82 Å². The molecule has 0 aromatic heterocycles. The summed E-state index contributed by atoms with van der Waals surface area (Å²) in [5, 5.41) is 6.69. The maximum Gasteiger partial charge on any atom is 0.230 e. The third kappa shape index (κ3) is 6.16. The molecule has 1 fully saturated rings. The predicted octanol–water partition coefficient (Wildman–Crippen LogP) is 2.63. The van der Waals surface area contributed by atoms with Crippen molar-refractivity contribution in [1.29, 1.82) is 0 Å². The Labute approximate surface area is 174 Å². The minimum atomic E-state index is -0.385. The van der Waals surface area contributed by atoms with E-state index in [4.69, 9.17) is 4.99 Å². The number of benzene rings is 1. The topological polar surface area (TPSA) is 60.0 Å². The molecule has 1 aromatic rings. The first-order valence-electron chi connectivity index (χ1n) is 10.4. The number of guanidine groups is 1. The van der Waals surface area contributed by atoms with Gasteiger partial charge in [-0.1, -0.05) is 25.0 Å². The van der Waals surface area contributed by atoms with Crippen LogP contribution in [-0.4, -0.2) is 69.5 Å². The van der Waals surface area contributed by atoms with Crippen LogP contribution in [0.5, 0.6) is 0 Å². The minimum absolute atomic E-state index is 0.0725. The average Bonchev–Trinajstić information content (AvgIpc) is 3.16. The van der Waals surface area contributed by atoms with E-state index in [2.05, 4.69) is 15.5 Å². The Balaban J connectivity index is 2.11. The van der Waals surface area contributed by atoms with Gasteiger partial charge in [-0.25, -0.2) is 4.39 Å². The molecule has 0 saturated heterocycles. The Morgan fingerprint density at radius 1 is 1.14 bits per heavy atom. The number of carbonyl (C=O) groups is 1. The maximum absolute atomic E-state index is 13.3. The highest BCUT2D eigenvalue weighted by atomic mass is 19.1. The fourth-order valence-electron chi connectivity index (χ4n) is 4.01. The molecule has 6 nitrogen and oxygen atoms in total. The molecule has 0 aliphatic heterocycles. The van der Waals surface area contributed by atoms with Crippen LogP contribution in [0.2, 0.25) is 0 Å². The van der Waals surface area contributed by atoms with Crippen LogP contribution in [0, 0.1) is 11.2 Å². The van der Waals surface area contributed by atoms with E-state index in [9.17, 15) is 9.18 Å². The van der Waals surface area contributed by atoms with Gasteiger partial charge >= 0.3 is 0 Å². The van der Waals surface area contributed by atoms with Gasteiger partial charge in [-0.15, -0.1) is 0 Å². The van der Waals surface area contributed by atoms with Gasteiger partial charge in [-0.2, -0.15) is 0 Å². The fraction of sp³-hybridized carbons (Fsp3) is 0.636. The van der Waals surface area contributed by atoms with E-state index in [-0.39, 0.29) is 23.2 Å². The van der Waals surface area contributed by atoms with Crippen molar-refractivity contribution in [3.63, 3.8) is 0 Å². The van der Waals surface area contributed by atoms with Gasteiger partial charge in [0.15, 0.2) is 5.96 Å². The number of nitrogens with zero attached hydrogens (tertiary/aromatic N) is 3. The Hall–Kier alpha value is -2.15. The summed E-state index contributed by atoms with van der Waals surface area (Å²) < 4.78 is 13.3. The molecule has 1 aliphatic carbocycles. The Morgan fingerprint density at radius 3 is 2.28 bits per heavy atom. The third-order valence-corrected chi connectivity index (χ3v) is 5.65. The second-order valence-electron chi connectivity index (χ2n) is 8.29. The zero-order valence-electron chi connectivity index (χ0n) is 18.5. The van der Waals surface area contributed by atoms with Crippen molar-refractivity contribution in [2.45, 2.75) is 38.6 Å². The molecule has 0 radical (unpaired) electrons. The third-order valence-electron chi connectivity index (χ3n) is 5.65. The monoisotopic (exact) mass is 405 g/mol. The summed E-state index contributed by atoms with van der Waals surface area (Å²) in [6, 6.07) is 6.68. The lowest BCUT2D eigenvalue weighted by Crippen LogP contribution is -2.44.